The molecule has 3 aromatic rings. The third-order valence-electron chi connectivity index (χ3n) is 4.64. The van der Waals surface area contributed by atoms with E-state index in [9.17, 15) is 28.4 Å². The summed E-state index contributed by atoms with van der Waals surface area (Å²) >= 11 is 3.27. The topological polar surface area (TPSA) is 143 Å². The van der Waals surface area contributed by atoms with E-state index in [0.29, 0.717) is 5.56 Å². The predicted molar refractivity (Wildman–Crippen MR) is 135 cm³/mol. The second-order valence-corrected chi connectivity index (χ2v) is 9.49. The van der Waals surface area contributed by atoms with Crippen molar-refractivity contribution in [1.29, 1.82) is 5.26 Å². The van der Waals surface area contributed by atoms with E-state index in [1.54, 1.807) is 37.3 Å². The summed E-state index contributed by atoms with van der Waals surface area (Å²) in [5, 5.41) is 21.3. The van der Waals surface area contributed by atoms with Crippen LogP contribution in [0.3, 0.4) is 0 Å². The Labute approximate surface area is 215 Å². The van der Waals surface area contributed by atoms with Gasteiger partial charge in [0, 0.05) is 0 Å². The Kier molecular flexibility index (Phi) is 8.47. The Hall–Kier alpha value is -4.14. The monoisotopic (exact) mass is 570 g/mol. The van der Waals surface area contributed by atoms with Crippen molar-refractivity contribution in [3.63, 3.8) is 0 Å². The van der Waals surface area contributed by atoms with Gasteiger partial charge in [-0.05, 0) is 70.9 Å². The molecule has 0 aliphatic carbocycles. The first-order valence-electron chi connectivity index (χ1n) is 10.4. The summed E-state index contributed by atoms with van der Waals surface area (Å²) < 4.78 is 36.5. The number of amides is 1. The number of anilines is 1. The van der Waals surface area contributed by atoms with Gasteiger partial charge in [0.25, 0.3) is 5.91 Å². The van der Waals surface area contributed by atoms with Gasteiger partial charge in [0.1, 0.15) is 16.5 Å². The number of ether oxygens (including phenoxy) is 1. The van der Waals surface area contributed by atoms with Crippen LogP contribution >= 0.6 is 15.9 Å². The molecular weight excluding hydrogens is 552 g/mol. The summed E-state index contributed by atoms with van der Waals surface area (Å²) in [7, 11) is -4.17. The molecular formula is C25H19BrN2O7S. The fraction of sp³-hybridized carbons (Fsp3) is 0.0800. The number of para-hydroxylation sites is 1. The molecule has 36 heavy (non-hydrogen) atoms. The Morgan fingerprint density at radius 2 is 1.78 bits per heavy atom. The molecule has 0 saturated carbocycles. The van der Waals surface area contributed by atoms with Gasteiger partial charge in [0.2, 0.25) is 0 Å². The van der Waals surface area contributed by atoms with Crippen LogP contribution in [0.4, 0.5) is 5.69 Å². The fourth-order valence-corrected chi connectivity index (χ4v) is 4.67. The van der Waals surface area contributed by atoms with Crippen LogP contribution in [0.5, 0.6) is 11.5 Å². The van der Waals surface area contributed by atoms with Crippen molar-refractivity contribution >= 4 is 49.7 Å². The molecule has 0 saturated heterocycles. The van der Waals surface area contributed by atoms with Crippen LogP contribution in [0.2, 0.25) is 0 Å². The number of rotatable bonds is 9. The molecule has 0 aliphatic rings. The smallest absolute Gasteiger partial charge is 0.339 e. The van der Waals surface area contributed by atoms with Gasteiger partial charge >= 0.3 is 16.1 Å². The minimum Gasteiger partial charge on any atom is -0.490 e. The number of halogens is 1. The van der Waals surface area contributed by atoms with Gasteiger partial charge in [-0.2, -0.15) is 13.7 Å². The zero-order valence-electron chi connectivity index (χ0n) is 18.8. The Morgan fingerprint density at radius 1 is 1.11 bits per heavy atom. The third kappa shape index (κ3) is 6.29. The minimum absolute atomic E-state index is 0.0298. The molecule has 0 fully saturated rings. The molecule has 11 heteroatoms. The summed E-state index contributed by atoms with van der Waals surface area (Å²) in [6.45, 7) is 1.87. The molecule has 184 valence electrons. The van der Waals surface area contributed by atoms with Gasteiger partial charge in [-0.1, -0.05) is 30.3 Å². The number of nitrogens with one attached hydrogen (secondary N) is 1. The van der Waals surface area contributed by atoms with Crippen LogP contribution in [0, 0.1) is 11.3 Å². The Balaban J connectivity index is 1.96. The molecule has 0 aliphatic heterocycles. The molecule has 0 heterocycles. The second kappa shape index (κ2) is 11.5. The van der Waals surface area contributed by atoms with E-state index in [-0.39, 0.29) is 44.3 Å². The van der Waals surface area contributed by atoms with Crippen molar-refractivity contribution < 1.29 is 32.0 Å². The number of hydrogen-bond acceptors (Lipinski definition) is 7. The number of carbonyl (C=O) groups excluding carboxylic acids is 1. The van der Waals surface area contributed by atoms with Gasteiger partial charge < -0.3 is 19.3 Å². The van der Waals surface area contributed by atoms with E-state index in [2.05, 4.69) is 21.2 Å². The number of nitriles is 1. The number of benzene rings is 3. The lowest BCUT2D eigenvalue weighted by Gasteiger charge is -2.14. The lowest BCUT2D eigenvalue weighted by Crippen LogP contribution is -2.16. The fourth-order valence-electron chi connectivity index (χ4n) is 3.04. The van der Waals surface area contributed by atoms with Crippen molar-refractivity contribution in [1.82, 2.24) is 0 Å². The van der Waals surface area contributed by atoms with Gasteiger partial charge in [-0.3, -0.25) is 4.79 Å². The predicted octanol–water partition coefficient (Wildman–Crippen LogP) is 4.86. The quantitative estimate of drug-likeness (QED) is 0.211. The van der Waals surface area contributed by atoms with E-state index in [1.807, 2.05) is 0 Å². The first-order chi connectivity index (χ1) is 17.2. The summed E-state index contributed by atoms with van der Waals surface area (Å²) in [5.74, 6) is -2.10. The number of carboxylic acids is 1. The standard InChI is InChI=1S/C25H19BrN2O7S/c1-2-34-22-14-16(13-20(26)23(22)35-36(32,33)18-8-4-3-5-9-18)12-17(15-27)24(29)28-21-11-7-6-10-19(21)25(30)31/h3-14H,2H2,1H3,(H,28,29)(H,30,31). The molecule has 2 N–H and O–H groups in total. The van der Waals surface area contributed by atoms with Gasteiger partial charge in [0.15, 0.2) is 11.5 Å². The number of nitrogens with zero attached hydrogens (tertiary/aromatic N) is 1. The maximum atomic E-state index is 12.7. The van der Waals surface area contributed by atoms with Crippen LogP contribution < -0.4 is 14.2 Å². The SMILES string of the molecule is CCOc1cc(C=C(C#N)C(=O)Nc2ccccc2C(=O)O)cc(Br)c1OS(=O)(=O)c1ccccc1. The van der Waals surface area contributed by atoms with Crippen molar-refractivity contribution in [2.45, 2.75) is 11.8 Å². The average Bonchev–Trinajstić information content (AvgIpc) is 2.85. The molecule has 3 aromatic carbocycles. The summed E-state index contributed by atoms with van der Waals surface area (Å²) in [6.07, 6.45) is 1.25. The van der Waals surface area contributed by atoms with Crippen LogP contribution in [0.25, 0.3) is 6.08 Å². The maximum Gasteiger partial charge on any atom is 0.339 e. The van der Waals surface area contributed by atoms with Crippen molar-refractivity contribution in [2.24, 2.45) is 0 Å². The summed E-state index contributed by atoms with van der Waals surface area (Å²) in [4.78, 5) is 24.0. The molecule has 0 bridgehead atoms. The molecule has 3 rings (SSSR count). The Bertz CT molecular complexity index is 1480. The first-order valence-corrected chi connectivity index (χ1v) is 12.6. The van der Waals surface area contributed by atoms with Crippen LogP contribution in [-0.2, 0) is 14.9 Å². The van der Waals surface area contributed by atoms with E-state index >= 15 is 0 Å². The number of carbonyl (C=O) groups is 2. The molecule has 9 nitrogen and oxygen atoms in total. The molecule has 0 unspecified atom stereocenters. The average molecular weight is 571 g/mol. The number of aromatic carboxylic acids is 1. The molecule has 0 radical (unpaired) electrons. The van der Waals surface area contributed by atoms with E-state index in [1.165, 1.54) is 48.5 Å². The zero-order chi connectivity index (χ0) is 26.3. The molecule has 0 atom stereocenters. The van der Waals surface area contributed by atoms with Crippen molar-refractivity contribution in [2.75, 3.05) is 11.9 Å². The highest BCUT2D eigenvalue weighted by Crippen LogP contribution is 2.39. The van der Waals surface area contributed by atoms with E-state index in [0.717, 1.165) is 0 Å². The molecule has 0 spiro atoms. The zero-order valence-corrected chi connectivity index (χ0v) is 21.2. The van der Waals surface area contributed by atoms with Crippen LogP contribution in [0.1, 0.15) is 22.8 Å². The second-order valence-electron chi connectivity index (χ2n) is 7.09. The highest BCUT2D eigenvalue weighted by atomic mass is 79.9. The lowest BCUT2D eigenvalue weighted by molar-refractivity contribution is -0.112. The Morgan fingerprint density at radius 3 is 2.42 bits per heavy atom. The third-order valence-corrected chi connectivity index (χ3v) is 6.46. The first kappa shape index (κ1) is 26.5. The number of hydrogen-bond donors (Lipinski definition) is 2. The van der Waals surface area contributed by atoms with Gasteiger partial charge in [-0.15, -0.1) is 0 Å². The normalized spacial score (nSPS) is 11.3. The minimum atomic E-state index is -4.17. The lowest BCUT2D eigenvalue weighted by atomic mass is 10.1. The van der Waals surface area contributed by atoms with Crippen molar-refractivity contribution in [3.05, 3.63) is 87.9 Å². The highest BCUT2D eigenvalue weighted by molar-refractivity contribution is 9.10. The summed E-state index contributed by atoms with van der Waals surface area (Å²) in [6, 6.07) is 18.0. The van der Waals surface area contributed by atoms with Crippen LogP contribution in [0.15, 0.2) is 81.7 Å². The van der Waals surface area contributed by atoms with E-state index in [4.69, 9.17) is 8.92 Å². The maximum absolute atomic E-state index is 12.7. The summed E-state index contributed by atoms with van der Waals surface area (Å²) in [5.41, 5.74) is -0.101. The largest absolute Gasteiger partial charge is 0.490 e. The molecule has 0 aromatic heterocycles. The van der Waals surface area contributed by atoms with Crippen molar-refractivity contribution in [3.8, 4) is 17.6 Å². The number of carboxylic acid groups (broad SMARTS) is 1. The van der Waals surface area contributed by atoms with Gasteiger partial charge in [0.05, 0.1) is 22.3 Å². The highest BCUT2D eigenvalue weighted by Gasteiger charge is 2.22. The molecule has 1 amide bonds. The van der Waals surface area contributed by atoms with E-state index < -0.39 is 22.0 Å². The van der Waals surface area contributed by atoms with Crippen LogP contribution in [-0.4, -0.2) is 32.0 Å². The van der Waals surface area contributed by atoms with Gasteiger partial charge in [-0.25, -0.2) is 4.79 Å².